The quantitative estimate of drug-likeness (QED) is 0.877. The van der Waals surface area contributed by atoms with Gasteiger partial charge in [-0.25, -0.2) is 0 Å². The Bertz CT molecular complexity index is 793. The zero-order chi connectivity index (χ0) is 17.3. The topological polar surface area (TPSA) is 58.2 Å². The fraction of sp³-hybridized carbons (Fsp3) is 0.333. The van der Waals surface area contributed by atoms with Crippen LogP contribution in [0.5, 0.6) is 0 Å². The lowest BCUT2D eigenvalue weighted by Gasteiger charge is -2.40. The van der Waals surface area contributed by atoms with Crippen LogP contribution in [0.4, 0.5) is 5.69 Å². The van der Waals surface area contributed by atoms with Crippen LogP contribution in [0, 0.1) is 0 Å². The second-order valence-electron chi connectivity index (χ2n) is 7.08. The first kappa shape index (κ1) is 15.9. The number of anilines is 1. The van der Waals surface area contributed by atoms with Crippen LogP contribution in [0.2, 0.25) is 0 Å². The Kier molecular flexibility index (Phi) is 4.04. The van der Waals surface area contributed by atoms with Crippen LogP contribution < -0.4 is 10.6 Å². The SMILES string of the molecule is O=C(NC1CC1)c1cccc(NC(=O)C2(c3ccccc3)CCC2)c1. The third-order valence-electron chi connectivity index (χ3n) is 5.26. The van der Waals surface area contributed by atoms with Gasteiger partial charge >= 0.3 is 0 Å². The van der Waals surface area contributed by atoms with Gasteiger partial charge in [-0.2, -0.15) is 0 Å². The zero-order valence-electron chi connectivity index (χ0n) is 14.1. The number of nitrogens with one attached hydrogen (secondary N) is 2. The van der Waals surface area contributed by atoms with E-state index in [2.05, 4.69) is 10.6 Å². The molecule has 2 aliphatic rings. The van der Waals surface area contributed by atoms with Crippen molar-refractivity contribution >= 4 is 17.5 Å². The molecular formula is C21H22N2O2. The lowest BCUT2D eigenvalue weighted by atomic mass is 9.64. The predicted molar refractivity (Wildman–Crippen MR) is 97.5 cm³/mol. The van der Waals surface area contributed by atoms with Gasteiger partial charge in [0.15, 0.2) is 0 Å². The Morgan fingerprint density at radius 2 is 1.72 bits per heavy atom. The number of carbonyl (C=O) groups is 2. The van der Waals surface area contributed by atoms with Gasteiger partial charge in [-0.15, -0.1) is 0 Å². The van der Waals surface area contributed by atoms with E-state index in [-0.39, 0.29) is 11.8 Å². The summed E-state index contributed by atoms with van der Waals surface area (Å²) in [6.07, 6.45) is 4.91. The van der Waals surface area contributed by atoms with Crippen molar-refractivity contribution in [3.8, 4) is 0 Å². The Labute approximate surface area is 147 Å². The van der Waals surface area contributed by atoms with Gasteiger partial charge in [0, 0.05) is 17.3 Å². The van der Waals surface area contributed by atoms with Crippen molar-refractivity contribution in [3.05, 3.63) is 65.7 Å². The first-order chi connectivity index (χ1) is 12.2. The highest BCUT2D eigenvalue weighted by Crippen LogP contribution is 2.44. The van der Waals surface area contributed by atoms with Crippen LogP contribution in [-0.4, -0.2) is 17.9 Å². The van der Waals surface area contributed by atoms with Crippen LogP contribution in [0.15, 0.2) is 54.6 Å². The summed E-state index contributed by atoms with van der Waals surface area (Å²) in [5.41, 5.74) is 1.90. The van der Waals surface area contributed by atoms with Gasteiger partial charge in [0.25, 0.3) is 5.91 Å². The Hall–Kier alpha value is -2.62. The van der Waals surface area contributed by atoms with Crippen molar-refractivity contribution in [1.82, 2.24) is 5.32 Å². The summed E-state index contributed by atoms with van der Waals surface area (Å²) in [5, 5.41) is 6.01. The minimum absolute atomic E-state index is 0.0182. The van der Waals surface area contributed by atoms with Crippen molar-refractivity contribution in [3.63, 3.8) is 0 Å². The van der Waals surface area contributed by atoms with Gasteiger partial charge in [0.2, 0.25) is 5.91 Å². The molecule has 2 fully saturated rings. The molecule has 4 heteroatoms. The van der Waals surface area contributed by atoms with Crippen LogP contribution in [0.3, 0.4) is 0 Å². The molecule has 4 nitrogen and oxygen atoms in total. The summed E-state index contributed by atoms with van der Waals surface area (Å²) in [4.78, 5) is 25.2. The molecule has 0 bridgehead atoms. The second kappa shape index (κ2) is 6.36. The highest BCUT2D eigenvalue weighted by molar-refractivity contribution is 6.01. The normalized spacial score (nSPS) is 18.1. The molecule has 0 radical (unpaired) electrons. The molecule has 0 atom stereocenters. The smallest absolute Gasteiger partial charge is 0.251 e. The van der Waals surface area contributed by atoms with E-state index in [1.807, 2.05) is 42.5 Å². The molecule has 2 N–H and O–H groups in total. The maximum atomic E-state index is 13.0. The standard InChI is InChI=1S/C21H22N2O2/c24-19(22-17-10-11-17)15-6-4-9-18(14-15)23-20(25)21(12-5-13-21)16-7-2-1-3-8-16/h1-4,6-9,14,17H,5,10-13H2,(H,22,24)(H,23,25). The molecule has 0 saturated heterocycles. The number of amides is 2. The van der Waals surface area contributed by atoms with Gasteiger partial charge < -0.3 is 10.6 Å². The van der Waals surface area contributed by atoms with Crippen LogP contribution in [-0.2, 0) is 10.2 Å². The number of carbonyl (C=O) groups excluding carboxylic acids is 2. The highest BCUT2D eigenvalue weighted by atomic mass is 16.2. The highest BCUT2D eigenvalue weighted by Gasteiger charge is 2.45. The fourth-order valence-electron chi connectivity index (χ4n) is 3.42. The second-order valence-corrected chi connectivity index (χ2v) is 7.08. The average molecular weight is 334 g/mol. The fourth-order valence-corrected chi connectivity index (χ4v) is 3.42. The first-order valence-electron chi connectivity index (χ1n) is 8.95. The zero-order valence-corrected chi connectivity index (χ0v) is 14.1. The third kappa shape index (κ3) is 3.16. The molecule has 0 unspecified atom stereocenters. The number of hydrogen-bond donors (Lipinski definition) is 2. The molecule has 2 aliphatic carbocycles. The molecule has 2 aromatic rings. The summed E-state index contributed by atoms with van der Waals surface area (Å²) in [6.45, 7) is 0. The third-order valence-corrected chi connectivity index (χ3v) is 5.26. The summed E-state index contributed by atoms with van der Waals surface area (Å²) >= 11 is 0. The van der Waals surface area contributed by atoms with Gasteiger partial charge in [-0.3, -0.25) is 9.59 Å². The summed E-state index contributed by atoms with van der Waals surface area (Å²) < 4.78 is 0. The molecule has 128 valence electrons. The van der Waals surface area contributed by atoms with E-state index >= 15 is 0 Å². The largest absolute Gasteiger partial charge is 0.349 e. The lowest BCUT2D eigenvalue weighted by molar-refractivity contribution is -0.124. The molecule has 4 rings (SSSR count). The number of rotatable bonds is 5. The first-order valence-corrected chi connectivity index (χ1v) is 8.95. The van der Waals surface area contributed by atoms with Gasteiger partial charge in [-0.1, -0.05) is 42.8 Å². The van der Waals surface area contributed by atoms with Crippen molar-refractivity contribution in [2.75, 3.05) is 5.32 Å². The molecule has 0 aromatic heterocycles. The van der Waals surface area contributed by atoms with E-state index in [9.17, 15) is 9.59 Å². The van der Waals surface area contributed by atoms with E-state index in [1.165, 1.54) is 0 Å². The van der Waals surface area contributed by atoms with Gasteiger partial charge in [0.1, 0.15) is 0 Å². The minimum Gasteiger partial charge on any atom is -0.349 e. The maximum Gasteiger partial charge on any atom is 0.251 e. The number of benzene rings is 2. The molecule has 0 heterocycles. The van der Waals surface area contributed by atoms with E-state index in [1.54, 1.807) is 12.1 Å². The van der Waals surface area contributed by atoms with Crippen molar-refractivity contribution in [2.45, 2.75) is 43.6 Å². The monoisotopic (exact) mass is 334 g/mol. The minimum atomic E-state index is -0.437. The molecular weight excluding hydrogens is 312 g/mol. The summed E-state index contributed by atoms with van der Waals surface area (Å²) in [6, 6.07) is 17.5. The van der Waals surface area contributed by atoms with Crippen LogP contribution in [0.1, 0.15) is 48.0 Å². The van der Waals surface area contributed by atoms with Crippen LogP contribution >= 0.6 is 0 Å². The Balaban J connectivity index is 1.51. The van der Waals surface area contributed by atoms with Crippen LogP contribution in [0.25, 0.3) is 0 Å². The van der Waals surface area contributed by atoms with E-state index in [0.717, 1.165) is 37.7 Å². The van der Waals surface area contributed by atoms with E-state index in [0.29, 0.717) is 17.3 Å². The van der Waals surface area contributed by atoms with Crippen molar-refractivity contribution in [1.29, 1.82) is 0 Å². The van der Waals surface area contributed by atoms with Gasteiger partial charge in [0.05, 0.1) is 5.41 Å². The summed E-state index contributed by atoms with van der Waals surface area (Å²) in [5.74, 6) is -0.0512. The Morgan fingerprint density at radius 3 is 2.36 bits per heavy atom. The molecule has 0 spiro atoms. The molecule has 0 aliphatic heterocycles. The molecule has 2 aromatic carbocycles. The number of hydrogen-bond acceptors (Lipinski definition) is 2. The molecule has 2 amide bonds. The van der Waals surface area contributed by atoms with Crippen molar-refractivity contribution < 1.29 is 9.59 Å². The van der Waals surface area contributed by atoms with E-state index < -0.39 is 5.41 Å². The average Bonchev–Trinajstić information content (AvgIpc) is 3.39. The lowest BCUT2D eigenvalue weighted by Crippen LogP contribution is -2.46. The van der Waals surface area contributed by atoms with E-state index in [4.69, 9.17) is 0 Å². The predicted octanol–water partition coefficient (Wildman–Crippen LogP) is 3.64. The molecule has 25 heavy (non-hydrogen) atoms. The van der Waals surface area contributed by atoms with Crippen molar-refractivity contribution in [2.24, 2.45) is 0 Å². The Morgan fingerprint density at radius 1 is 0.960 bits per heavy atom. The van der Waals surface area contributed by atoms with Gasteiger partial charge in [-0.05, 0) is 49.4 Å². The summed E-state index contributed by atoms with van der Waals surface area (Å²) in [7, 11) is 0. The molecule has 2 saturated carbocycles. The maximum absolute atomic E-state index is 13.0.